The van der Waals surface area contributed by atoms with Crippen molar-refractivity contribution in [2.75, 3.05) is 13.1 Å². The third kappa shape index (κ3) is 1.99. The summed E-state index contributed by atoms with van der Waals surface area (Å²) in [6, 6.07) is 9.57. The van der Waals surface area contributed by atoms with Crippen LogP contribution >= 0.6 is 0 Å². The van der Waals surface area contributed by atoms with Crippen molar-refractivity contribution in [3.05, 3.63) is 30.3 Å². The van der Waals surface area contributed by atoms with Crippen LogP contribution in [-0.4, -0.2) is 30.4 Å². The van der Waals surface area contributed by atoms with Gasteiger partial charge in [-0.05, 0) is 12.1 Å². The Morgan fingerprint density at radius 3 is 2.62 bits per heavy atom. The van der Waals surface area contributed by atoms with Crippen molar-refractivity contribution in [1.29, 1.82) is 0 Å². The number of benzene rings is 1. The molecular weight excluding hydrogens is 166 g/mol. The van der Waals surface area contributed by atoms with Gasteiger partial charge in [-0.15, -0.1) is 0 Å². The molecule has 0 aromatic heterocycles. The summed E-state index contributed by atoms with van der Waals surface area (Å²) in [5.74, 6) is 0.815. The first kappa shape index (κ1) is 8.53. The standard InChI is InChI=1S/C10H13NO2/c12-9-6-11-7-10(9)13-8-4-2-1-3-5-8/h1-5,9-12H,6-7H2/t9-,10-/m1/s1. The zero-order valence-corrected chi connectivity index (χ0v) is 7.31. The van der Waals surface area contributed by atoms with Crippen molar-refractivity contribution in [1.82, 2.24) is 5.32 Å². The quantitative estimate of drug-likeness (QED) is 0.690. The van der Waals surface area contributed by atoms with Gasteiger partial charge >= 0.3 is 0 Å². The zero-order valence-electron chi connectivity index (χ0n) is 7.31. The summed E-state index contributed by atoms with van der Waals surface area (Å²) in [6.45, 7) is 1.34. The minimum atomic E-state index is -0.389. The van der Waals surface area contributed by atoms with Crippen molar-refractivity contribution in [2.24, 2.45) is 0 Å². The molecule has 0 aliphatic carbocycles. The molecule has 0 radical (unpaired) electrons. The van der Waals surface area contributed by atoms with Gasteiger partial charge in [0.1, 0.15) is 18.0 Å². The number of aliphatic hydroxyl groups excluding tert-OH is 1. The number of nitrogens with one attached hydrogen (secondary N) is 1. The molecule has 1 aliphatic heterocycles. The van der Waals surface area contributed by atoms with Crippen LogP contribution in [0.5, 0.6) is 5.75 Å². The van der Waals surface area contributed by atoms with E-state index in [0.717, 1.165) is 12.3 Å². The number of para-hydroxylation sites is 1. The van der Waals surface area contributed by atoms with E-state index in [1.807, 2.05) is 30.3 Å². The Labute approximate surface area is 77.3 Å². The average molecular weight is 179 g/mol. The number of rotatable bonds is 2. The first-order valence-electron chi connectivity index (χ1n) is 4.47. The maximum absolute atomic E-state index is 9.46. The zero-order chi connectivity index (χ0) is 9.10. The summed E-state index contributed by atoms with van der Waals surface area (Å²) in [5, 5.41) is 12.5. The van der Waals surface area contributed by atoms with Crippen LogP contribution < -0.4 is 10.1 Å². The number of ether oxygens (including phenoxy) is 1. The van der Waals surface area contributed by atoms with Crippen LogP contribution in [-0.2, 0) is 0 Å². The molecule has 2 rings (SSSR count). The predicted octanol–water partition coefficient (Wildman–Crippen LogP) is 0.398. The van der Waals surface area contributed by atoms with Crippen LogP contribution in [0.2, 0.25) is 0 Å². The fourth-order valence-corrected chi connectivity index (χ4v) is 1.44. The van der Waals surface area contributed by atoms with E-state index >= 15 is 0 Å². The van der Waals surface area contributed by atoms with Gasteiger partial charge in [0.2, 0.25) is 0 Å². The molecular formula is C10H13NO2. The Morgan fingerprint density at radius 2 is 2.00 bits per heavy atom. The lowest BCUT2D eigenvalue weighted by Gasteiger charge is -2.15. The van der Waals surface area contributed by atoms with E-state index in [0.29, 0.717) is 6.54 Å². The lowest BCUT2D eigenvalue weighted by Crippen LogP contribution is -2.29. The van der Waals surface area contributed by atoms with Crippen molar-refractivity contribution in [3.8, 4) is 5.75 Å². The summed E-state index contributed by atoms with van der Waals surface area (Å²) >= 11 is 0. The first-order chi connectivity index (χ1) is 6.36. The lowest BCUT2D eigenvalue weighted by molar-refractivity contribution is 0.0738. The van der Waals surface area contributed by atoms with Gasteiger partial charge in [-0.3, -0.25) is 0 Å². The van der Waals surface area contributed by atoms with E-state index in [2.05, 4.69) is 5.32 Å². The summed E-state index contributed by atoms with van der Waals surface area (Å²) in [7, 11) is 0. The Hall–Kier alpha value is -1.06. The number of hydrogen-bond acceptors (Lipinski definition) is 3. The minimum absolute atomic E-state index is 0.109. The van der Waals surface area contributed by atoms with E-state index in [1.54, 1.807) is 0 Å². The summed E-state index contributed by atoms with van der Waals surface area (Å²) in [4.78, 5) is 0. The van der Waals surface area contributed by atoms with Gasteiger partial charge in [0.05, 0.1) is 0 Å². The molecule has 13 heavy (non-hydrogen) atoms. The van der Waals surface area contributed by atoms with Crippen LogP contribution in [0.1, 0.15) is 0 Å². The average Bonchev–Trinajstić information content (AvgIpc) is 2.54. The van der Waals surface area contributed by atoms with Crippen molar-refractivity contribution < 1.29 is 9.84 Å². The second-order valence-electron chi connectivity index (χ2n) is 3.19. The molecule has 70 valence electrons. The fraction of sp³-hybridized carbons (Fsp3) is 0.400. The third-order valence-electron chi connectivity index (χ3n) is 2.16. The predicted molar refractivity (Wildman–Crippen MR) is 49.7 cm³/mol. The molecule has 0 bridgehead atoms. The van der Waals surface area contributed by atoms with E-state index in [1.165, 1.54) is 0 Å². The molecule has 1 aromatic rings. The normalized spacial score (nSPS) is 27.5. The smallest absolute Gasteiger partial charge is 0.138 e. The number of hydrogen-bond donors (Lipinski definition) is 2. The van der Waals surface area contributed by atoms with Gasteiger partial charge in [-0.2, -0.15) is 0 Å². The topological polar surface area (TPSA) is 41.5 Å². The number of β-amino-alcohol motifs (C(OH)–C–C–N with tert-alkyl or cyclic N) is 1. The minimum Gasteiger partial charge on any atom is -0.486 e. The Balaban J connectivity index is 1.98. The number of aliphatic hydroxyl groups is 1. The Bertz CT molecular complexity index is 263. The van der Waals surface area contributed by atoms with Gasteiger partial charge in [0.25, 0.3) is 0 Å². The molecule has 2 N–H and O–H groups in total. The summed E-state index contributed by atoms with van der Waals surface area (Å²) in [5.41, 5.74) is 0. The van der Waals surface area contributed by atoms with Crippen LogP contribution in [0.3, 0.4) is 0 Å². The van der Waals surface area contributed by atoms with Crippen molar-refractivity contribution in [3.63, 3.8) is 0 Å². The van der Waals surface area contributed by atoms with Crippen LogP contribution in [0, 0.1) is 0 Å². The monoisotopic (exact) mass is 179 g/mol. The van der Waals surface area contributed by atoms with E-state index in [-0.39, 0.29) is 12.2 Å². The van der Waals surface area contributed by atoms with E-state index < -0.39 is 0 Å². The second kappa shape index (κ2) is 3.77. The Kier molecular flexibility index (Phi) is 2.47. The maximum Gasteiger partial charge on any atom is 0.138 e. The molecule has 1 fully saturated rings. The largest absolute Gasteiger partial charge is 0.486 e. The molecule has 0 saturated carbocycles. The summed E-state index contributed by atoms with van der Waals surface area (Å²) in [6.07, 6.45) is -0.498. The third-order valence-corrected chi connectivity index (χ3v) is 2.16. The molecule has 1 aliphatic rings. The highest BCUT2D eigenvalue weighted by atomic mass is 16.5. The lowest BCUT2D eigenvalue weighted by atomic mass is 10.2. The SMILES string of the molecule is O[C@@H]1CNC[C@H]1Oc1ccccc1. The Morgan fingerprint density at radius 1 is 1.23 bits per heavy atom. The highest BCUT2D eigenvalue weighted by molar-refractivity contribution is 5.21. The van der Waals surface area contributed by atoms with Crippen molar-refractivity contribution in [2.45, 2.75) is 12.2 Å². The molecule has 3 heteroatoms. The molecule has 1 aromatic carbocycles. The first-order valence-corrected chi connectivity index (χ1v) is 4.47. The highest BCUT2D eigenvalue weighted by Gasteiger charge is 2.26. The molecule has 0 amide bonds. The molecule has 0 spiro atoms. The molecule has 1 saturated heterocycles. The molecule has 3 nitrogen and oxygen atoms in total. The van der Waals surface area contributed by atoms with E-state index in [9.17, 15) is 5.11 Å². The van der Waals surface area contributed by atoms with Gasteiger partial charge < -0.3 is 15.2 Å². The van der Waals surface area contributed by atoms with Crippen LogP contribution in [0.15, 0.2) is 30.3 Å². The van der Waals surface area contributed by atoms with E-state index in [4.69, 9.17) is 4.74 Å². The van der Waals surface area contributed by atoms with Crippen LogP contribution in [0.25, 0.3) is 0 Å². The molecule has 2 atom stereocenters. The fourth-order valence-electron chi connectivity index (χ4n) is 1.44. The van der Waals surface area contributed by atoms with Gasteiger partial charge in [-0.25, -0.2) is 0 Å². The van der Waals surface area contributed by atoms with Crippen LogP contribution in [0.4, 0.5) is 0 Å². The summed E-state index contributed by atoms with van der Waals surface area (Å²) < 4.78 is 5.58. The highest BCUT2D eigenvalue weighted by Crippen LogP contribution is 2.14. The molecule has 1 heterocycles. The maximum atomic E-state index is 9.46. The van der Waals surface area contributed by atoms with Gasteiger partial charge in [-0.1, -0.05) is 18.2 Å². The van der Waals surface area contributed by atoms with Crippen molar-refractivity contribution >= 4 is 0 Å². The molecule has 0 unspecified atom stereocenters. The second-order valence-corrected chi connectivity index (χ2v) is 3.19. The van der Waals surface area contributed by atoms with Gasteiger partial charge in [0, 0.05) is 13.1 Å². The van der Waals surface area contributed by atoms with Gasteiger partial charge in [0.15, 0.2) is 0 Å².